The molecule has 0 radical (unpaired) electrons. The summed E-state index contributed by atoms with van der Waals surface area (Å²) in [6, 6.07) is 12.5. The average molecular weight is 445 g/mol. The van der Waals surface area contributed by atoms with Crippen molar-refractivity contribution in [2.75, 3.05) is 14.1 Å². The number of fused-ring (bicyclic) bond motifs is 3. The first-order valence-electron chi connectivity index (χ1n) is 9.99. The summed E-state index contributed by atoms with van der Waals surface area (Å²) in [4.78, 5) is 20.1. The van der Waals surface area contributed by atoms with Gasteiger partial charge in [-0.1, -0.05) is 30.3 Å². The summed E-state index contributed by atoms with van der Waals surface area (Å²) in [5.41, 5.74) is 5.27. The van der Waals surface area contributed by atoms with Gasteiger partial charge < -0.3 is 9.64 Å². The highest BCUT2D eigenvalue weighted by Gasteiger charge is 2.39. The Morgan fingerprint density at radius 2 is 1.77 bits per heavy atom. The number of carbonyl (C=O) groups is 1. The molecule has 0 saturated carbocycles. The van der Waals surface area contributed by atoms with Crippen LogP contribution in [0.3, 0.4) is 0 Å². The molecule has 0 aliphatic carbocycles. The second-order valence-corrected chi connectivity index (χ2v) is 10.3. The molecule has 4 nitrogen and oxygen atoms in total. The largest absolute Gasteiger partial charge is 0.486 e. The van der Waals surface area contributed by atoms with Crippen molar-refractivity contribution >= 4 is 35.1 Å². The maximum Gasteiger partial charge on any atom is 0.286 e. The van der Waals surface area contributed by atoms with Crippen LogP contribution < -0.4 is 4.74 Å². The lowest BCUT2D eigenvalue weighted by Gasteiger charge is -2.31. The number of aliphatic imine (C=N–C) groups is 1. The van der Waals surface area contributed by atoms with E-state index >= 15 is 0 Å². The fourth-order valence-electron chi connectivity index (χ4n) is 4.14. The van der Waals surface area contributed by atoms with Crippen LogP contribution in [0.5, 0.6) is 5.75 Å². The Morgan fingerprint density at radius 3 is 2.40 bits per heavy atom. The van der Waals surface area contributed by atoms with E-state index < -0.39 is 0 Å². The molecule has 0 unspecified atom stereocenters. The highest BCUT2D eigenvalue weighted by Crippen LogP contribution is 2.48. The van der Waals surface area contributed by atoms with E-state index in [9.17, 15) is 4.79 Å². The second-order valence-electron chi connectivity index (χ2n) is 9.33. The smallest absolute Gasteiger partial charge is 0.286 e. The third kappa shape index (κ3) is 4.23. The molecule has 6 heteroatoms. The van der Waals surface area contributed by atoms with Gasteiger partial charge in [-0.3, -0.25) is 9.79 Å². The zero-order valence-corrected chi connectivity index (χ0v) is 20.0. The zero-order valence-electron chi connectivity index (χ0n) is 18.4. The van der Waals surface area contributed by atoms with E-state index in [1.807, 2.05) is 6.07 Å². The predicted octanol–water partition coefficient (Wildman–Crippen LogP) is 5.77. The Kier molecular flexibility index (Phi) is 6.00. The lowest BCUT2D eigenvalue weighted by Crippen LogP contribution is -2.30. The minimum atomic E-state index is -0.303. The van der Waals surface area contributed by atoms with Crippen LogP contribution in [-0.2, 0) is 12.8 Å². The molecule has 2 aliphatic rings. The molecule has 2 aromatic carbocycles. The Labute approximate surface area is 189 Å². The van der Waals surface area contributed by atoms with Crippen molar-refractivity contribution < 1.29 is 9.53 Å². The molecule has 0 aromatic heterocycles. The van der Waals surface area contributed by atoms with Crippen molar-refractivity contribution in [2.24, 2.45) is 4.99 Å². The Hall–Kier alpha value is -1.98. The molecule has 2 aromatic rings. The number of nitrogens with zero attached hydrogens (tertiary/aromatic N) is 2. The van der Waals surface area contributed by atoms with E-state index in [-0.39, 0.29) is 28.8 Å². The molecule has 1 amide bonds. The topological polar surface area (TPSA) is 41.9 Å². The summed E-state index contributed by atoms with van der Waals surface area (Å²) >= 11 is 1.25. The number of amides is 1. The summed E-state index contributed by atoms with van der Waals surface area (Å²) in [5, 5.41) is 0.00692. The van der Waals surface area contributed by atoms with Crippen molar-refractivity contribution in [2.45, 2.75) is 56.6 Å². The van der Waals surface area contributed by atoms with Gasteiger partial charge in [0.1, 0.15) is 11.4 Å². The maximum atomic E-state index is 12.5. The van der Waals surface area contributed by atoms with Gasteiger partial charge in [-0.2, -0.15) is 0 Å². The van der Waals surface area contributed by atoms with E-state index in [2.05, 4.69) is 58.0 Å². The fraction of sp³-hybridized carbons (Fsp3) is 0.417. The number of carbonyl (C=O) groups excluding carboxylic acids is 1. The lowest BCUT2D eigenvalue weighted by molar-refractivity contribution is 0.135. The van der Waals surface area contributed by atoms with Gasteiger partial charge in [0, 0.05) is 37.2 Å². The fourth-order valence-corrected chi connectivity index (χ4v) is 4.96. The van der Waals surface area contributed by atoms with Crippen molar-refractivity contribution in [3.8, 4) is 5.75 Å². The van der Waals surface area contributed by atoms with Crippen molar-refractivity contribution in [3.05, 3.63) is 58.7 Å². The maximum absolute atomic E-state index is 12.5. The molecule has 2 aliphatic heterocycles. The van der Waals surface area contributed by atoms with Crippen LogP contribution in [0.1, 0.15) is 49.9 Å². The Bertz CT molecular complexity index is 1010. The molecule has 0 N–H and O–H groups in total. The third-order valence-corrected chi connectivity index (χ3v) is 6.35. The summed E-state index contributed by atoms with van der Waals surface area (Å²) in [6.45, 7) is 8.55. The highest BCUT2D eigenvalue weighted by molar-refractivity contribution is 8.13. The number of benzene rings is 2. The van der Waals surface area contributed by atoms with E-state index in [4.69, 9.17) is 9.73 Å². The van der Waals surface area contributed by atoms with Gasteiger partial charge in [0.15, 0.2) is 0 Å². The van der Waals surface area contributed by atoms with Crippen molar-refractivity contribution in [1.82, 2.24) is 4.90 Å². The van der Waals surface area contributed by atoms with Crippen LogP contribution in [-0.4, -0.2) is 41.1 Å². The number of halogens is 1. The number of thioether (sulfide) groups is 1. The molecule has 0 spiro atoms. The van der Waals surface area contributed by atoms with Gasteiger partial charge in [0.2, 0.25) is 0 Å². The molecule has 0 atom stereocenters. The number of hydrogen-bond donors (Lipinski definition) is 0. The van der Waals surface area contributed by atoms with Crippen molar-refractivity contribution in [1.29, 1.82) is 0 Å². The van der Waals surface area contributed by atoms with Gasteiger partial charge in [-0.25, -0.2) is 0 Å². The van der Waals surface area contributed by atoms with Gasteiger partial charge in [0.25, 0.3) is 5.24 Å². The van der Waals surface area contributed by atoms with E-state index in [1.165, 1.54) is 28.5 Å². The van der Waals surface area contributed by atoms with Crippen LogP contribution in [0.15, 0.2) is 46.3 Å². The van der Waals surface area contributed by atoms with Gasteiger partial charge in [-0.05, 0) is 57.5 Å². The van der Waals surface area contributed by atoms with Gasteiger partial charge in [-0.15, -0.1) is 12.4 Å². The van der Waals surface area contributed by atoms with E-state index in [1.54, 1.807) is 19.0 Å². The summed E-state index contributed by atoms with van der Waals surface area (Å²) < 4.78 is 6.36. The molecule has 2 heterocycles. The summed E-state index contributed by atoms with van der Waals surface area (Å²) in [7, 11) is 3.56. The first-order chi connectivity index (χ1) is 13.6. The lowest BCUT2D eigenvalue weighted by atomic mass is 9.81. The first-order valence-corrected chi connectivity index (χ1v) is 10.8. The molecule has 4 rings (SSSR count). The van der Waals surface area contributed by atoms with Crippen LogP contribution in [0.4, 0.5) is 4.79 Å². The van der Waals surface area contributed by atoms with Gasteiger partial charge in [0.05, 0.1) is 16.1 Å². The molecule has 0 saturated heterocycles. The van der Waals surface area contributed by atoms with E-state index in [0.29, 0.717) is 0 Å². The Morgan fingerprint density at radius 1 is 1.10 bits per heavy atom. The average Bonchev–Trinajstić information content (AvgIpc) is 2.96. The minimum absolute atomic E-state index is 0. The molecule has 30 heavy (non-hydrogen) atoms. The van der Waals surface area contributed by atoms with Crippen LogP contribution in [0, 0.1) is 0 Å². The molecule has 160 valence electrons. The number of rotatable bonds is 2. The van der Waals surface area contributed by atoms with Crippen LogP contribution in [0.2, 0.25) is 0 Å². The van der Waals surface area contributed by atoms with Crippen LogP contribution >= 0.6 is 24.2 Å². The molecule has 0 bridgehead atoms. The second kappa shape index (κ2) is 7.93. The number of ether oxygens (including phenoxy) is 1. The number of hydrogen-bond acceptors (Lipinski definition) is 4. The SMILES string of the molecule is CN(C)C(=O)Sc1cc2c(c3c1OC(C)(C)C3)C(c1ccccc1)=NC(C)(C)C2.Cl. The normalized spacial score (nSPS) is 17.7. The third-order valence-electron chi connectivity index (χ3n) is 5.29. The monoisotopic (exact) mass is 444 g/mol. The minimum Gasteiger partial charge on any atom is -0.486 e. The quantitative estimate of drug-likeness (QED) is 0.552. The Balaban J connectivity index is 0.00000256. The summed E-state index contributed by atoms with van der Waals surface area (Å²) in [6.07, 6.45) is 1.65. The molecule has 0 fully saturated rings. The van der Waals surface area contributed by atoms with Crippen LogP contribution in [0.25, 0.3) is 0 Å². The molecular formula is C24H29ClN2O2S. The predicted molar refractivity (Wildman–Crippen MR) is 127 cm³/mol. The molecular weight excluding hydrogens is 416 g/mol. The first kappa shape index (κ1) is 22.7. The standard InChI is InChI=1S/C24H28N2O2S.ClH/c1-23(2)13-16-12-18(29-22(27)26(5)6)21-17(14-24(3,4)28-21)19(16)20(25-23)15-10-8-7-9-11-15;/h7-12H,13-14H2,1-6H3;1H. The summed E-state index contributed by atoms with van der Waals surface area (Å²) in [5.74, 6) is 0.845. The van der Waals surface area contributed by atoms with Crippen molar-refractivity contribution in [3.63, 3.8) is 0 Å². The zero-order chi connectivity index (χ0) is 21.0. The van der Waals surface area contributed by atoms with Gasteiger partial charge >= 0.3 is 0 Å². The highest BCUT2D eigenvalue weighted by atomic mass is 35.5. The van der Waals surface area contributed by atoms with E-state index in [0.717, 1.165) is 34.8 Å².